The highest BCUT2D eigenvalue weighted by Gasteiger charge is 2.44. The number of halogens is 2. The summed E-state index contributed by atoms with van der Waals surface area (Å²) in [6.45, 7) is -0.0281. The molecule has 0 unspecified atom stereocenters. The van der Waals surface area contributed by atoms with Crippen molar-refractivity contribution in [1.29, 1.82) is 0 Å². The number of nitrogens with one attached hydrogen (secondary N) is 1. The number of anilines is 2. The van der Waals surface area contributed by atoms with Crippen molar-refractivity contribution in [2.45, 2.75) is 11.3 Å². The summed E-state index contributed by atoms with van der Waals surface area (Å²) < 4.78 is 37.9. The van der Waals surface area contributed by atoms with Gasteiger partial charge in [0, 0.05) is 21.1 Å². The van der Waals surface area contributed by atoms with Crippen LogP contribution in [0.1, 0.15) is 0 Å². The van der Waals surface area contributed by atoms with Gasteiger partial charge in [-0.25, -0.2) is 12.8 Å². The van der Waals surface area contributed by atoms with Crippen molar-refractivity contribution >= 4 is 60.0 Å². The lowest BCUT2D eigenvalue weighted by Crippen LogP contribution is -2.36. The number of carbonyl (C=O) groups excluding carboxylic acids is 1. The van der Waals surface area contributed by atoms with Crippen molar-refractivity contribution in [1.82, 2.24) is 0 Å². The third kappa shape index (κ3) is 4.81. The van der Waals surface area contributed by atoms with Gasteiger partial charge in [0.25, 0.3) is 0 Å². The lowest BCUT2D eigenvalue weighted by molar-refractivity contribution is -0.114. The molecule has 2 aliphatic heterocycles. The van der Waals surface area contributed by atoms with Crippen molar-refractivity contribution in [3.05, 3.63) is 58.8 Å². The second-order valence-electron chi connectivity index (χ2n) is 6.83. The molecule has 1 amide bonds. The van der Waals surface area contributed by atoms with Gasteiger partial charge in [-0.15, -0.1) is 0 Å². The van der Waals surface area contributed by atoms with E-state index >= 15 is 0 Å². The van der Waals surface area contributed by atoms with E-state index in [1.54, 1.807) is 29.2 Å². The van der Waals surface area contributed by atoms with Gasteiger partial charge in [-0.3, -0.25) is 9.79 Å². The minimum atomic E-state index is -3.07. The maximum Gasteiger partial charge on any atom is 0.244 e. The quantitative estimate of drug-likeness (QED) is 0.700. The average Bonchev–Trinajstić information content (AvgIpc) is 3.16. The van der Waals surface area contributed by atoms with Gasteiger partial charge in [0.05, 0.1) is 17.5 Å². The molecule has 0 spiro atoms. The highest BCUT2D eigenvalue weighted by atomic mass is 79.9. The first-order valence-electron chi connectivity index (χ1n) is 8.82. The van der Waals surface area contributed by atoms with E-state index < -0.39 is 9.84 Å². The highest BCUT2D eigenvalue weighted by molar-refractivity contribution is 9.10. The standard InChI is InChI=1S/C19H17BrFN3O3S2/c20-12-1-5-14(6-2-12)22-18(25)9-24(15-7-3-13(21)4-8-15)19-23-16-10-29(26,27)11-17(16)28-19/h1-8,16-17H,9-11H2,(H,22,25)/t16-,17-/m1/s1. The van der Waals surface area contributed by atoms with Crippen LogP contribution in [0.5, 0.6) is 0 Å². The largest absolute Gasteiger partial charge is 0.325 e. The van der Waals surface area contributed by atoms with Crippen LogP contribution in [-0.4, -0.2) is 48.8 Å². The fourth-order valence-corrected chi connectivity index (χ4v) is 7.28. The Morgan fingerprint density at radius 2 is 1.86 bits per heavy atom. The van der Waals surface area contributed by atoms with E-state index in [1.165, 1.54) is 23.9 Å². The van der Waals surface area contributed by atoms with E-state index in [0.29, 0.717) is 16.5 Å². The first-order valence-corrected chi connectivity index (χ1v) is 12.3. The molecular weight excluding hydrogens is 481 g/mol. The molecule has 29 heavy (non-hydrogen) atoms. The van der Waals surface area contributed by atoms with E-state index in [0.717, 1.165) is 4.47 Å². The zero-order valence-electron chi connectivity index (χ0n) is 15.1. The lowest BCUT2D eigenvalue weighted by atomic mass is 10.2. The van der Waals surface area contributed by atoms with E-state index in [-0.39, 0.29) is 41.1 Å². The predicted molar refractivity (Wildman–Crippen MR) is 118 cm³/mol. The smallest absolute Gasteiger partial charge is 0.244 e. The maximum absolute atomic E-state index is 13.4. The number of aliphatic imine (C=N–C) groups is 1. The van der Waals surface area contributed by atoms with Gasteiger partial charge in [-0.1, -0.05) is 27.7 Å². The first-order chi connectivity index (χ1) is 13.8. The van der Waals surface area contributed by atoms with Crippen LogP contribution in [0.25, 0.3) is 0 Å². The number of carbonyl (C=O) groups is 1. The van der Waals surface area contributed by atoms with Crippen molar-refractivity contribution < 1.29 is 17.6 Å². The molecule has 0 radical (unpaired) electrons. The number of thioether (sulfide) groups is 1. The molecule has 1 fully saturated rings. The molecule has 0 aromatic heterocycles. The molecule has 2 atom stereocenters. The predicted octanol–water partition coefficient (Wildman–Crippen LogP) is 3.30. The molecule has 152 valence electrons. The average molecular weight is 498 g/mol. The maximum atomic E-state index is 13.4. The molecule has 0 aliphatic carbocycles. The number of benzene rings is 2. The third-order valence-electron chi connectivity index (χ3n) is 4.60. The van der Waals surface area contributed by atoms with Crippen LogP contribution >= 0.6 is 27.7 Å². The SMILES string of the molecule is O=C(CN(C1=N[C@@H]2CS(=O)(=O)C[C@H]2S1)c1ccc(F)cc1)Nc1ccc(Br)cc1. The van der Waals surface area contributed by atoms with Crippen LogP contribution in [0.4, 0.5) is 15.8 Å². The molecule has 0 bridgehead atoms. The van der Waals surface area contributed by atoms with Crippen molar-refractivity contribution in [2.24, 2.45) is 4.99 Å². The second kappa shape index (κ2) is 8.08. The summed E-state index contributed by atoms with van der Waals surface area (Å²) in [6, 6.07) is 12.7. The normalized spacial score (nSPS) is 22.1. The van der Waals surface area contributed by atoms with Crippen LogP contribution < -0.4 is 10.2 Å². The zero-order valence-corrected chi connectivity index (χ0v) is 18.3. The van der Waals surface area contributed by atoms with Crippen molar-refractivity contribution in [3.8, 4) is 0 Å². The van der Waals surface area contributed by atoms with Crippen molar-refractivity contribution in [2.75, 3.05) is 28.3 Å². The number of hydrogen-bond donors (Lipinski definition) is 1. The summed E-state index contributed by atoms with van der Waals surface area (Å²) >= 11 is 4.71. The number of fused-ring (bicyclic) bond motifs is 1. The molecule has 6 nitrogen and oxygen atoms in total. The van der Waals surface area contributed by atoms with E-state index in [1.807, 2.05) is 12.1 Å². The molecule has 10 heteroatoms. The number of rotatable bonds is 4. The topological polar surface area (TPSA) is 78.8 Å². The summed E-state index contributed by atoms with van der Waals surface area (Å²) in [5.41, 5.74) is 1.27. The molecule has 2 aliphatic rings. The van der Waals surface area contributed by atoms with Gasteiger partial charge in [-0.05, 0) is 48.5 Å². The van der Waals surface area contributed by atoms with Crippen molar-refractivity contribution in [3.63, 3.8) is 0 Å². The molecule has 0 saturated carbocycles. The summed E-state index contributed by atoms with van der Waals surface area (Å²) in [5, 5.41) is 3.26. The molecule has 1 saturated heterocycles. The Labute approximate surface area is 180 Å². The summed E-state index contributed by atoms with van der Waals surface area (Å²) in [7, 11) is -3.07. The Morgan fingerprint density at radius 1 is 1.17 bits per heavy atom. The third-order valence-corrected chi connectivity index (χ3v) is 8.38. The first kappa shape index (κ1) is 20.4. The van der Waals surface area contributed by atoms with Gasteiger partial charge in [0.2, 0.25) is 5.91 Å². The van der Waals surface area contributed by atoms with Crippen LogP contribution in [0.15, 0.2) is 58.0 Å². The summed E-state index contributed by atoms with van der Waals surface area (Å²) in [6.07, 6.45) is 0. The molecule has 2 aromatic rings. The highest BCUT2D eigenvalue weighted by Crippen LogP contribution is 2.36. The number of nitrogens with zero attached hydrogens (tertiary/aromatic N) is 2. The molecule has 2 aromatic carbocycles. The number of amidine groups is 1. The van der Waals surface area contributed by atoms with E-state index in [4.69, 9.17) is 0 Å². The van der Waals surface area contributed by atoms with Gasteiger partial charge in [0.15, 0.2) is 15.0 Å². The lowest BCUT2D eigenvalue weighted by Gasteiger charge is -2.24. The molecule has 4 rings (SSSR count). The van der Waals surface area contributed by atoms with Crippen LogP contribution in [-0.2, 0) is 14.6 Å². The van der Waals surface area contributed by atoms with Crippen LogP contribution in [0.2, 0.25) is 0 Å². The van der Waals surface area contributed by atoms with Crippen LogP contribution in [0, 0.1) is 5.82 Å². The Balaban J connectivity index is 1.55. The Kier molecular flexibility index (Phi) is 5.67. The van der Waals surface area contributed by atoms with E-state index in [9.17, 15) is 17.6 Å². The zero-order chi connectivity index (χ0) is 20.6. The fraction of sp³-hybridized carbons (Fsp3) is 0.263. The molecule has 1 N–H and O–H groups in total. The van der Waals surface area contributed by atoms with Gasteiger partial charge >= 0.3 is 0 Å². The summed E-state index contributed by atoms with van der Waals surface area (Å²) in [5.74, 6) is -0.532. The van der Waals surface area contributed by atoms with Gasteiger partial charge in [0.1, 0.15) is 12.4 Å². The second-order valence-corrected chi connectivity index (χ2v) is 11.1. The van der Waals surface area contributed by atoms with Gasteiger partial charge < -0.3 is 10.2 Å². The number of hydrogen-bond acceptors (Lipinski definition) is 6. The number of amides is 1. The summed E-state index contributed by atoms with van der Waals surface area (Å²) in [4.78, 5) is 18.9. The minimum absolute atomic E-state index is 0.0243. The Hall–Kier alpha value is -1.91. The Bertz CT molecular complexity index is 1060. The van der Waals surface area contributed by atoms with E-state index in [2.05, 4.69) is 26.2 Å². The number of sulfone groups is 1. The van der Waals surface area contributed by atoms with Crippen LogP contribution in [0.3, 0.4) is 0 Å². The molecular formula is C19H17BrFN3O3S2. The molecule has 2 heterocycles. The monoisotopic (exact) mass is 497 g/mol. The fourth-order valence-electron chi connectivity index (χ4n) is 3.24. The van der Waals surface area contributed by atoms with Gasteiger partial charge in [-0.2, -0.15) is 0 Å². The minimum Gasteiger partial charge on any atom is -0.325 e. The Morgan fingerprint density at radius 3 is 2.52 bits per heavy atom.